The van der Waals surface area contributed by atoms with E-state index in [1.807, 2.05) is 66.7 Å². The Morgan fingerprint density at radius 2 is 1.00 bits per heavy atom. The molecule has 0 amide bonds. The molecular weight excluding hydrogens is 647 g/mol. The van der Waals surface area contributed by atoms with Gasteiger partial charge in [0.15, 0.2) is 5.82 Å². The third-order valence-electron chi connectivity index (χ3n) is 9.27. The molecule has 7 aromatic carbocycles. The number of aromatic nitrogens is 2. The van der Waals surface area contributed by atoms with Gasteiger partial charge in [0, 0.05) is 34.9 Å². The number of amidine groups is 2. The molecule has 8 aromatic rings. The summed E-state index contributed by atoms with van der Waals surface area (Å²) in [6, 6.07) is 64.6. The first-order valence-corrected chi connectivity index (χ1v) is 17.7. The van der Waals surface area contributed by atoms with Crippen molar-refractivity contribution in [1.82, 2.24) is 15.3 Å². The number of benzene rings is 7. The van der Waals surface area contributed by atoms with E-state index in [9.17, 15) is 0 Å². The zero-order valence-electron chi connectivity index (χ0n) is 29.4. The lowest BCUT2D eigenvalue weighted by atomic mass is 9.97. The molecule has 53 heavy (non-hydrogen) atoms. The van der Waals surface area contributed by atoms with Gasteiger partial charge in [0.2, 0.25) is 0 Å². The minimum atomic E-state index is 0.488. The summed E-state index contributed by atoms with van der Waals surface area (Å²) >= 11 is 0. The van der Waals surface area contributed by atoms with Gasteiger partial charge in [0.05, 0.1) is 17.9 Å². The maximum atomic E-state index is 5.13. The van der Waals surface area contributed by atoms with E-state index in [-0.39, 0.29) is 0 Å². The van der Waals surface area contributed by atoms with Gasteiger partial charge in [-0.1, -0.05) is 176 Å². The van der Waals surface area contributed by atoms with Crippen molar-refractivity contribution in [3.8, 4) is 45.0 Å². The number of hydrogen-bond donors (Lipinski definition) is 1. The summed E-state index contributed by atoms with van der Waals surface area (Å²) in [6.45, 7) is 0.488. The molecule has 0 fully saturated rings. The average molecular weight is 684 g/mol. The summed E-state index contributed by atoms with van der Waals surface area (Å²) in [5.74, 6) is 2.23. The van der Waals surface area contributed by atoms with Gasteiger partial charge in [0.1, 0.15) is 11.7 Å². The number of hydrogen-bond acceptors (Lipinski definition) is 4. The molecule has 0 saturated carbocycles. The lowest BCUT2D eigenvalue weighted by Gasteiger charge is -2.14. The van der Waals surface area contributed by atoms with Gasteiger partial charge >= 0.3 is 0 Å². The van der Waals surface area contributed by atoms with Crippen molar-refractivity contribution in [2.24, 2.45) is 9.98 Å². The van der Waals surface area contributed by atoms with Crippen LogP contribution in [0.3, 0.4) is 0 Å². The molecule has 0 spiro atoms. The van der Waals surface area contributed by atoms with Crippen LogP contribution in [-0.2, 0) is 6.54 Å². The second kappa shape index (κ2) is 15.5. The Labute approximate surface area is 310 Å². The lowest BCUT2D eigenvalue weighted by Crippen LogP contribution is -2.32. The van der Waals surface area contributed by atoms with Crippen LogP contribution in [0.4, 0.5) is 0 Å². The van der Waals surface area contributed by atoms with Crippen molar-refractivity contribution >= 4 is 22.4 Å². The van der Waals surface area contributed by atoms with Crippen molar-refractivity contribution in [3.63, 3.8) is 0 Å². The minimum absolute atomic E-state index is 0.488. The summed E-state index contributed by atoms with van der Waals surface area (Å²) in [5.41, 5.74) is 10.2. The first-order chi connectivity index (χ1) is 26.2. The molecule has 254 valence electrons. The summed E-state index contributed by atoms with van der Waals surface area (Å²) < 4.78 is 0. The molecular formula is C48H37N5. The average Bonchev–Trinajstić information content (AvgIpc) is 3.24. The molecule has 0 unspecified atom stereocenters. The molecule has 1 heterocycles. The highest BCUT2D eigenvalue weighted by Gasteiger charge is 2.13. The number of fused-ring (bicyclic) bond motifs is 1. The lowest BCUT2D eigenvalue weighted by molar-refractivity contribution is 1.05. The van der Waals surface area contributed by atoms with E-state index in [0.717, 1.165) is 73.0 Å². The van der Waals surface area contributed by atoms with Gasteiger partial charge in [0.25, 0.3) is 0 Å². The predicted octanol–water partition coefficient (Wildman–Crippen LogP) is 10.9. The monoisotopic (exact) mass is 683 g/mol. The molecule has 0 atom stereocenters. The number of aliphatic imine (C=N–C) groups is 2. The molecule has 0 radical (unpaired) electrons. The van der Waals surface area contributed by atoms with E-state index in [4.69, 9.17) is 15.0 Å². The zero-order chi connectivity index (χ0) is 35.8. The SMILES string of the molecule is CN=C(NC(=NCc1ccccc1-c1ccc(-c2cc(-c3ccccc3)nc(-c3ccc4ccccc4c3)n2)cc1)c1ccccc1)c1ccccc1. The van der Waals surface area contributed by atoms with E-state index in [1.165, 1.54) is 5.39 Å². The quantitative estimate of drug-likeness (QED) is 0.128. The molecule has 8 rings (SSSR count). The number of nitrogens with one attached hydrogen (secondary N) is 1. The van der Waals surface area contributed by atoms with Gasteiger partial charge in [-0.15, -0.1) is 0 Å². The van der Waals surface area contributed by atoms with Crippen LogP contribution in [0.25, 0.3) is 55.8 Å². The highest BCUT2D eigenvalue weighted by molar-refractivity contribution is 6.14. The molecule has 0 bridgehead atoms. The Morgan fingerprint density at radius 1 is 0.472 bits per heavy atom. The highest BCUT2D eigenvalue weighted by atomic mass is 15.1. The van der Waals surface area contributed by atoms with Gasteiger partial charge in [-0.3, -0.25) is 9.98 Å². The van der Waals surface area contributed by atoms with E-state index in [2.05, 4.69) is 132 Å². The van der Waals surface area contributed by atoms with Crippen LogP contribution in [0.1, 0.15) is 16.7 Å². The molecule has 1 aromatic heterocycles. The summed E-state index contributed by atoms with van der Waals surface area (Å²) in [4.78, 5) is 19.8. The van der Waals surface area contributed by atoms with Gasteiger partial charge < -0.3 is 5.32 Å². The third kappa shape index (κ3) is 7.55. The second-order valence-electron chi connectivity index (χ2n) is 12.7. The van der Waals surface area contributed by atoms with Crippen molar-refractivity contribution in [1.29, 1.82) is 0 Å². The Hall–Kier alpha value is -6.98. The van der Waals surface area contributed by atoms with E-state index in [0.29, 0.717) is 12.4 Å². The molecule has 1 N–H and O–H groups in total. The Morgan fingerprint density at radius 3 is 1.68 bits per heavy atom. The Balaban J connectivity index is 1.12. The fourth-order valence-electron chi connectivity index (χ4n) is 6.50. The van der Waals surface area contributed by atoms with E-state index >= 15 is 0 Å². The first-order valence-electron chi connectivity index (χ1n) is 17.7. The highest BCUT2D eigenvalue weighted by Crippen LogP contribution is 2.31. The van der Waals surface area contributed by atoms with Crippen LogP contribution < -0.4 is 5.32 Å². The third-order valence-corrected chi connectivity index (χ3v) is 9.27. The van der Waals surface area contributed by atoms with Gasteiger partial charge in [-0.05, 0) is 39.6 Å². The minimum Gasteiger partial charge on any atom is -0.325 e. The Kier molecular flexibility index (Phi) is 9.70. The van der Waals surface area contributed by atoms with Crippen molar-refractivity contribution < 1.29 is 0 Å². The molecule has 0 saturated heterocycles. The van der Waals surface area contributed by atoms with E-state index < -0.39 is 0 Å². The van der Waals surface area contributed by atoms with Crippen LogP contribution >= 0.6 is 0 Å². The number of rotatable bonds is 8. The van der Waals surface area contributed by atoms with Crippen LogP contribution in [0.2, 0.25) is 0 Å². The van der Waals surface area contributed by atoms with Crippen LogP contribution in [0, 0.1) is 0 Å². The van der Waals surface area contributed by atoms with E-state index in [1.54, 1.807) is 7.05 Å². The van der Waals surface area contributed by atoms with Gasteiger partial charge in [-0.25, -0.2) is 9.97 Å². The maximum absolute atomic E-state index is 5.13. The normalized spacial score (nSPS) is 11.8. The largest absolute Gasteiger partial charge is 0.325 e. The van der Waals surface area contributed by atoms with Crippen LogP contribution in [0.15, 0.2) is 198 Å². The van der Waals surface area contributed by atoms with Crippen molar-refractivity contribution in [3.05, 3.63) is 205 Å². The molecule has 0 aliphatic heterocycles. The standard InChI is InChI=1S/C48H37N5/c1-49-46(38-18-7-3-8-19-38)53-47(39-20-9-4-10-21-39)50-33-42-23-13-14-24-43(42)35-26-28-37(29-27-35)45-32-44(36-16-5-2-6-17-36)51-48(52-45)41-30-25-34-15-11-12-22-40(34)31-41/h2-32H,33H2,1H3,(H,49,50,53). The second-order valence-corrected chi connectivity index (χ2v) is 12.7. The van der Waals surface area contributed by atoms with Crippen LogP contribution in [0.5, 0.6) is 0 Å². The fraction of sp³-hybridized carbons (Fsp3) is 0.0417. The maximum Gasteiger partial charge on any atom is 0.160 e. The van der Waals surface area contributed by atoms with Crippen LogP contribution in [-0.4, -0.2) is 28.7 Å². The Bertz CT molecular complexity index is 2540. The molecule has 0 aliphatic carbocycles. The van der Waals surface area contributed by atoms with Crippen molar-refractivity contribution in [2.45, 2.75) is 6.54 Å². The summed E-state index contributed by atoms with van der Waals surface area (Å²) in [7, 11) is 1.80. The first kappa shape index (κ1) is 33.2. The topological polar surface area (TPSA) is 62.5 Å². The molecule has 5 heteroatoms. The van der Waals surface area contributed by atoms with Crippen molar-refractivity contribution in [2.75, 3.05) is 7.05 Å². The molecule has 5 nitrogen and oxygen atoms in total. The fourth-order valence-corrected chi connectivity index (χ4v) is 6.50. The summed E-state index contributed by atoms with van der Waals surface area (Å²) in [6.07, 6.45) is 0. The number of nitrogens with zero attached hydrogens (tertiary/aromatic N) is 4. The smallest absolute Gasteiger partial charge is 0.160 e. The molecule has 0 aliphatic rings. The zero-order valence-corrected chi connectivity index (χ0v) is 29.4. The summed E-state index contributed by atoms with van der Waals surface area (Å²) in [5, 5.41) is 5.87. The predicted molar refractivity (Wildman–Crippen MR) is 220 cm³/mol. The van der Waals surface area contributed by atoms with Gasteiger partial charge in [-0.2, -0.15) is 0 Å².